The highest BCUT2D eigenvalue weighted by molar-refractivity contribution is 7.99. The van der Waals surface area contributed by atoms with E-state index in [2.05, 4.69) is 69.1 Å². The molecule has 0 aliphatic carbocycles. The summed E-state index contributed by atoms with van der Waals surface area (Å²) in [6.07, 6.45) is 1.92. The van der Waals surface area contributed by atoms with Crippen LogP contribution in [0.1, 0.15) is 81.2 Å². The maximum Gasteiger partial charge on any atom is 0.257 e. The number of carbonyl (C=O) groups excluding carboxylic acids is 2. The minimum atomic E-state index is -0.564. The molecule has 1 saturated heterocycles. The van der Waals surface area contributed by atoms with Gasteiger partial charge < -0.3 is 15.1 Å². The van der Waals surface area contributed by atoms with Crippen molar-refractivity contribution < 1.29 is 9.59 Å². The lowest BCUT2D eigenvalue weighted by atomic mass is 9.86. The van der Waals surface area contributed by atoms with Crippen molar-refractivity contribution in [1.82, 2.24) is 15.1 Å². The number of nitrogens with zero attached hydrogens (tertiary/aromatic N) is 2. The topological polar surface area (TPSA) is 52.7 Å². The molecule has 5 nitrogen and oxygen atoms in total. The summed E-state index contributed by atoms with van der Waals surface area (Å²) >= 11 is 8.05. The van der Waals surface area contributed by atoms with Gasteiger partial charge in [-0.15, -0.1) is 11.8 Å². The fraction of sp³-hybridized carbons (Fsp3) is 0.533. The maximum atomic E-state index is 13.8. The van der Waals surface area contributed by atoms with E-state index in [9.17, 15) is 9.59 Å². The van der Waals surface area contributed by atoms with Crippen molar-refractivity contribution in [2.24, 2.45) is 0 Å². The van der Waals surface area contributed by atoms with Crippen LogP contribution in [0.15, 0.2) is 48.5 Å². The normalized spacial score (nSPS) is 18.8. The van der Waals surface area contributed by atoms with Crippen molar-refractivity contribution >= 4 is 35.2 Å². The van der Waals surface area contributed by atoms with Gasteiger partial charge in [-0.05, 0) is 68.1 Å². The lowest BCUT2D eigenvalue weighted by Gasteiger charge is -2.30. The molecule has 3 atom stereocenters. The number of hydrogen-bond donors (Lipinski definition) is 1. The lowest BCUT2D eigenvalue weighted by Crippen LogP contribution is -2.50. The van der Waals surface area contributed by atoms with Gasteiger partial charge in [-0.1, -0.05) is 82.6 Å². The van der Waals surface area contributed by atoms with E-state index in [4.69, 9.17) is 11.6 Å². The van der Waals surface area contributed by atoms with Gasteiger partial charge in [-0.3, -0.25) is 9.59 Å². The Balaban J connectivity index is 1.80. The first-order valence-electron chi connectivity index (χ1n) is 13.4. The molecule has 1 fully saturated rings. The van der Waals surface area contributed by atoms with Crippen molar-refractivity contribution in [1.29, 1.82) is 0 Å². The predicted octanol–water partition coefficient (Wildman–Crippen LogP) is 6.52. The largest absolute Gasteiger partial charge is 0.352 e. The number of benzene rings is 2. The Kier molecular flexibility index (Phi) is 10.5. The van der Waals surface area contributed by atoms with E-state index in [-0.39, 0.29) is 28.6 Å². The fourth-order valence-corrected chi connectivity index (χ4v) is 6.35. The Morgan fingerprint density at radius 1 is 1.11 bits per heavy atom. The molecule has 2 amide bonds. The summed E-state index contributed by atoms with van der Waals surface area (Å²) in [6, 6.07) is 15.0. The molecule has 2 aromatic carbocycles. The van der Waals surface area contributed by atoms with Crippen LogP contribution >= 0.6 is 23.4 Å². The number of halogens is 1. The van der Waals surface area contributed by atoms with Gasteiger partial charge in [0.1, 0.15) is 11.4 Å². The van der Waals surface area contributed by atoms with E-state index in [1.54, 1.807) is 28.8 Å². The Hall–Kier alpha value is -2.02. The minimum absolute atomic E-state index is 0.0375. The van der Waals surface area contributed by atoms with Gasteiger partial charge in [0.2, 0.25) is 5.91 Å². The van der Waals surface area contributed by atoms with Gasteiger partial charge in [0.25, 0.3) is 5.91 Å². The van der Waals surface area contributed by atoms with Gasteiger partial charge in [0.05, 0.1) is 10.6 Å². The third-order valence-electron chi connectivity index (χ3n) is 7.10. The summed E-state index contributed by atoms with van der Waals surface area (Å²) in [5.74, 6) is 0.228. The second-order valence-electron chi connectivity index (χ2n) is 10.8. The van der Waals surface area contributed by atoms with Gasteiger partial charge in [-0.2, -0.15) is 0 Å². The smallest absolute Gasteiger partial charge is 0.257 e. The quantitative estimate of drug-likeness (QED) is 0.370. The molecule has 1 aliphatic rings. The molecule has 1 heterocycles. The summed E-state index contributed by atoms with van der Waals surface area (Å²) in [7, 11) is 0. The standard InChI is InChI=1S/C30H42ClN3O2S/c1-7-33(8-2)19-11-12-21(3)32-27(35)26-20-37-29(22-15-17-23(18-16-22)30(4,5)6)34(26)28(36)24-13-9-10-14-25(24)31/h9-10,13-18,21,26,29H,7-8,11-12,19-20H2,1-6H3,(H,32,35). The molecule has 3 rings (SSSR count). The summed E-state index contributed by atoms with van der Waals surface area (Å²) in [4.78, 5) is 31.5. The van der Waals surface area contributed by atoms with E-state index in [1.807, 2.05) is 19.1 Å². The van der Waals surface area contributed by atoms with Gasteiger partial charge >= 0.3 is 0 Å². The Morgan fingerprint density at radius 2 is 1.76 bits per heavy atom. The molecule has 202 valence electrons. The monoisotopic (exact) mass is 543 g/mol. The van der Waals surface area contributed by atoms with Crippen LogP contribution in [0.4, 0.5) is 0 Å². The molecule has 0 spiro atoms. The minimum Gasteiger partial charge on any atom is -0.352 e. The number of nitrogens with one attached hydrogen (secondary N) is 1. The molecule has 1 N–H and O–H groups in total. The summed E-state index contributed by atoms with van der Waals surface area (Å²) < 4.78 is 0. The molecular weight excluding hydrogens is 502 g/mol. The maximum absolute atomic E-state index is 13.8. The van der Waals surface area contributed by atoms with Crippen LogP contribution in [0.25, 0.3) is 0 Å². The first-order chi connectivity index (χ1) is 17.6. The number of hydrogen-bond acceptors (Lipinski definition) is 4. The van der Waals surface area contributed by atoms with Crippen LogP contribution in [-0.2, 0) is 10.2 Å². The van der Waals surface area contributed by atoms with E-state index in [1.165, 1.54) is 5.56 Å². The molecule has 1 aliphatic heterocycles. The van der Waals surface area contributed by atoms with Gasteiger partial charge in [-0.25, -0.2) is 0 Å². The van der Waals surface area contributed by atoms with Crippen LogP contribution in [-0.4, -0.2) is 59.1 Å². The number of amides is 2. The molecule has 0 radical (unpaired) electrons. The van der Waals surface area contributed by atoms with Gasteiger partial charge in [0.15, 0.2) is 0 Å². The molecule has 3 unspecified atom stereocenters. The van der Waals surface area contributed by atoms with Crippen molar-refractivity contribution in [3.05, 3.63) is 70.2 Å². The summed E-state index contributed by atoms with van der Waals surface area (Å²) in [5.41, 5.74) is 2.71. The van der Waals surface area contributed by atoms with Crippen molar-refractivity contribution in [3.63, 3.8) is 0 Å². The average Bonchev–Trinajstić information content (AvgIpc) is 3.31. The van der Waals surface area contributed by atoms with Gasteiger partial charge in [0, 0.05) is 11.8 Å². The zero-order valence-corrected chi connectivity index (χ0v) is 24.7. The molecule has 0 aromatic heterocycles. The third kappa shape index (κ3) is 7.52. The zero-order valence-electron chi connectivity index (χ0n) is 23.1. The number of rotatable bonds is 10. The fourth-order valence-electron chi connectivity index (χ4n) is 4.71. The van der Waals surface area contributed by atoms with Crippen LogP contribution in [0, 0.1) is 0 Å². The Labute approximate surface area is 232 Å². The Bertz CT molecular complexity index is 1050. The van der Waals surface area contributed by atoms with Crippen LogP contribution in [0.2, 0.25) is 5.02 Å². The highest BCUT2D eigenvalue weighted by Crippen LogP contribution is 2.43. The van der Waals surface area contributed by atoms with E-state index >= 15 is 0 Å². The van der Waals surface area contributed by atoms with E-state index in [0.717, 1.165) is 38.0 Å². The Morgan fingerprint density at radius 3 is 2.35 bits per heavy atom. The molecule has 37 heavy (non-hydrogen) atoms. The summed E-state index contributed by atoms with van der Waals surface area (Å²) in [5, 5.41) is 3.33. The molecular formula is C30H42ClN3O2S. The molecule has 7 heteroatoms. The third-order valence-corrected chi connectivity index (χ3v) is 8.75. The molecule has 2 aromatic rings. The SMILES string of the molecule is CCN(CC)CCCC(C)NC(=O)C1CSC(c2ccc(C(C)(C)C)cc2)N1C(=O)c1ccccc1Cl. The zero-order chi connectivity index (χ0) is 27.2. The lowest BCUT2D eigenvalue weighted by molar-refractivity contribution is -0.125. The predicted molar refractivity (Wildman–Crippen MR) is 156 cm³/mol. The number of thioether (sulfide) groups is 1. The summed E-state index contributed by atoms with van der Waals surface area (Å²) in [6.45, 7) is 16.0. The number of carbonyl (C=O) groups is 2. The first kappa shape index (κ1) is 29.5. The van der Waals surface area contributed by atoms with Crippen molar-refractivity contribution in [3.8, 4) is 0 Å². The first-order valence-corrected chi connectivity index (χ1v) is 14.8. The van der Waals surface area contributed by atoms with Crippen LogP contribution in [0.5, 0.6) is 0 Å². The average molecular weight is 544 g/mol. The second kappa shape index (κ2) is 13.2. The second-order valence-corrected chi connectivity index (χ2v) is 12.4. The highest BCUT2D eigenvalue weighted by atomic mass is 35.5. The molecule has 0 saturated carbocycles. The van der Waals surface area contributed by atoms with Crippen LogP contribution in [0.3, 0.4) is 0 Å². The van der Waals surface area contributed by atoms with E-state index < -0.39 is 6.04 Å². The van der Waals surface area contributed by atoms with Crippen molar-refractivity contribution in [2.45, 2.75) is 77.3 Å². The van der Waals surface area contributed by atoms with E-state index in [0.29, 0.717) is 16.3 Å². The van der Waals surface area contributed by atoms with Crippen LogP contribution < -0.4 is 5.32 Å². The molecule has 0 bridgehead atoms. The van der Waals surface area contributed by atoms with Crippen molar-refractivity contribution in [2.75, 3.05) is 25.4 Å². The highest BCUT2D eigenvalue weighted by Gasteiger charge is 2.43.